The molecule has 4 rings (SSSR count). The molecule has 0 saturated carbocycles. The predicted molar refractivity (Wildman–Crippen MR) is 96.7 cm³/mol. The van der Waals surface area contributed by atoms with Crippen LogP contribution < -0.4 is 4.90 Å². The highest BCUT2D eigenvalue weighted by atomic mass is 16.2. The second-order valence-electron chi connectivity index (χ2n) is 6.39. The van der Waals surface area contributed by atoms with Gasteiger partial charge in [-0.2, -0.15) is 0 Å². The molecule has 25 heavy (non-hydrogen) atoms. The molecule has 1 fully saturated rings. The van der Waals surface area contributed by atoms with E-state index in [9.17, 15) is 4.79 Å². The number of pyridine rings is 2. The lowest BCUT2D eigenvalue weighted by molar-refractivity contribution is -0.130. The van der Waals surface area contributed by atoms with Gasteiger partial charge in [-0.1, -0.05) is 12.1 Å². The van der Waals surface area contributed by atoms with Crippen LogP contribution in [0.3, 0.4) is 0 Å². The van der Waals surface area contributed by atoms with Crippen LogP contribution in [0.4, 0.5) is 5.82 Å². The van der Waals surface area contributed by atoms with Crippen LogP contribution in [0.2, 0.25) is 0 Å². The predicted octanol–water partition coefficient (Wildman–Crippen LogP) is 1.93. The zero-order valence-electron chi connectivity index (χ0n) is 14.3. The van der Waals surface area contributed by atoms with E-state index in [1.807, 2.05) is 58.9 Å². The molecule has 1 saturated heterocycles. The summed E-state index contributed by atoms with van der Waals surface area (Å²) in [5, 5.41) is 0. The van der Waals surface area contributed by atoms with Gasteiger partial charge in [-0.05, 0) is 30.7 Å². The van der Waals surface area contributed by atoms with Crippen LogP contribution >= 0.6 is 0 Å². The van der Waals surface area contributed by atoms with Crippen molar-refractivity contribution >= 4 is 17.4 Å². The van der Waals surface area contributed by atoms with Crippen molar-refractivity contribution in [2.75, 3.05) is 31.1 Å². The first kappa shape index (κ1) is 15.6. The van der Waals surface area contributed by atoms with E-state index in [-0.39, 0.29) is 5.91 Å². The fourth-order valence-electron chi connectivity index (χ4n) is 3.28. The van der Waals surface area contributed by atoms with Crippen molar-refractivity contribution in [1.82, 2.24) is 19.3 Å². The lowest BCUT2D eigenvalue weighted by atomic mass is 10.2. The number of imidazole rings is 1. The van der Waals surface area contributed by atoms with Gasteiger partial charge in [0, 0.05) is 44.8 Å². The van der Waals surface area contributed by atoms with Crippen LogP contribution in [-0.2, 0) is 11.2 Å². The minimum absolute atomic E-state index is 0.140. The normalized spacial score (nSPS) is 14.9. The van der Waals surface area contributed by atoms with Crippen molar-refractivity contribution in [2.24, 2.45) is 0 Å². The maximum atomic E-state index is 12.6. The molecule has 0 radical (unpaired) electrons. The maximum Gasteiger partial charge on any atom is 0.228 e. The number of carbonyl (C=O) groups is 1. The summed E-state index contributed by atoms with van der Waals surface area (Å²) in [7, 11) is 0. The van der Waals surface area contributed by atoms with E-state index in [1.165, 1.54) is 0 Å². The number of aromatic nitrogens is 3. The summed E-state index contributed by atoms with van der Waals surface area (Å²) in [5.74, 6) is 1.12. The van der Waals surface area contributed by atoms with E-state index < -0.39 is 0 Å². The first-order chi connectivity index (χ1) is 12.2. The molecule has 0 N–H and O–H groups in total. The molecule has 0 atom stereocenters. The van der Waals surface area contributed by atoms with Gasteiger partial charge in [-0.15, -0.1) is 0 Å². The van der Waals surface area contributed by atoms with Crippen molar-refractivity contribution in [3.05, 3.63) is 60.2 Å². The van der Waals surface area contributed by atoms with Crippen LogP contribution in [0.25, 0.3) is 5.65 Å². The van der Waals surface area contributed by atoms with Crippen molar-refractivity contribution in [2.45, 2.75) is 13.3 Å². The number of nitrogens with zero attached hydrogens (tertiary/aromatic N) is 5. The fraction of sp³-hybridized carbons (Fsp3) is 0.316. The van der Waals surface area contributed by atoms with Gasteiger partial charge in [0.1, 0.15) is 11.5 Å². The third-order valence-corrected chi connectivity index (χ3v) is 4.67. The first-order valence-electron chi connectivity index (χ1n) is 8.58. The van der Waals surface area contributed by atoms with Crippen molar-refractivity contribution in [3.8, 4) is 0 Å². The summed E-state index contributed by atoms with van der Waals surface area (Å²) in [5.41, 5.74) is 2.86. The second-order valence-corrected chi connectivity index (χ2v) is 6.39. The minimum Gasteiger partial charge on any atom is -0.353 e. The molecule has 0 unspecified atom stereocenters. The Labute approximate surface area is 146 Å². The smallest absolute Gasteiger partial charge is 0.228 e. The number of piperazine rings is 1. The van der Waals surface area contributed by atoms with Crippen molar-refractivity contribution in [3.63, 3.8) is 0 Å². The molecule has 3 aromatic rings. The third-order valence-electron chi connectivity index (χ3n) is 4.67. The van der Waals surface area contributed by atoms with Crippen LogP contribution in [0.1, 0.15) is 11.3 Å². The fourth-order valence-corrected chi connectivity index (χ4v) is 3.28. The van der Waals surface area contributed by atoms with E-state index in [0.29, 0.717) is 6.42 Å². The van der Waals surface area contributed by atoms with Gasteiger partial charge in [0.15, 0.2) is 0 Å². The number of hydrogen-bond acceptors (Lipinski definition) is 4. The summed E-state index contributed by atoms with van der Waals surface area (Å²) in [4.78, 5) is 25.7. The molecule has 0 spiro atoms. The molecule has 0 bridgehead atoms. The Morgan fingerprint density at radius 1 is 1.12 bits per heavy atom. The van der Waals surface area contributed by atoms with Gasteiger partial charge in [-0.3, -0.25) is 4.79 Å². The van der Waals surface area contributed by atoms with Gasteiger partial charge in [0.25, 0.3) is 0 Å². The zero-order chi connectivity index (χ0) is 17.2. The standard InChI is InChI=1S/C19H21N5O/c1-15-5-4-8-24-14-16(21-19(15)24)13-18(25)23-11-9-22(10-12-23)17-6-2-3-7-20-17/h2-8,14H,9-13H2,1H3. The Balaban J connectivity index is 1.39. The maximum absolute atomic E-state index is 12.6. The Kier molecular flexibility index (Phi) is 4.09. The summed E-state index contributed by atoms with van der Waals surface area (Å²) in [6.45, 7) is 5.11. The number of carbonyl (C=O) groups excluding carboxylic acids is 1. The highest BCUT2D eigenvalue weighted by molar-refractivity contribution is 5.79. The SMILES string of the molecule is Cc1cccn2cc(CC(=O)N3CCN(c4ccccn4)CC3)nc12. The Morgan fingerprint density at radius 2 is 1.96 bits per heavy atom. The van der Waals surface area contributed by atoms with E-state index in [0.717, 1.165) is 48.9 Å². The third kappa shape index (κ3) is 3.20. The van der Waals surface area contributed by atoms with Gasteiger partial charge < -0.3 is 14.2 Å². The molecule has 3 aromatic heterocycles. The summed E-state index contributed by atoms with van der Waals surface area (Å²) in [6, 6.07) is 9.94. The molecule has 4 heterocycles. The number of amides is 1. The Bertz CT molecular complexity index is 881. The topological polar surface area (TPSA) is 53.7 Å². The summed E-state index contributed by atoms with van der Waals surface area (Å²) in [6.07, 6.45) is 6.07. The molecular weight excluding hydrogens is 314 g/mol. The monoisotopic (exact) mass is 335 g/mol. The van der Waals surface area contributed by atoms with Gasteiger partial charge in [-0.25, -0.2) is 9.97 Å². The van der Waals surface area contributed by atoms with Crippen LogP contribution in [0.5, 0.6) is 0 Å². The van der Waals surface area contributed by atoms with E-state index in [4.69, 9.17) is 0 Å². The summed E-state index contributed by atoms with van der Waals surface area (Å²) < 4.78 is 1.98. The summed E-state index contributed by atoms with van der Waals surface area (Å²) >= 11 is 0. The van der Waals surface area contributed by atoms with Crippen LogP contribution in [-0.4, -0.2) is 51.4 Å². The minimum atomic E-state index is 0.140. The number of rotatable bonds is 3. The van der Waals surface area contributed by atoms with E-state index in [2.05, 4.69) is 14.9 Å². The zero-order valence-corrected chi connectivity index (χ0v) is 14.3. The number of fused-ring (bicyclic) bond motifs is 1. The Morgan fingerprint density at radius 3 is 2.68 bits per heavy atom. The van der Waals surface area contributed by atoms with E-state index in [1.54, 1.807) is 6.20 Å². The Hall–Kier alpha value is -2.89. The number of aryl methyl sites for hydroxylation is 1. The van der Waals surface area contributed by atoms with Crippen LogP contribution in [0.15, 0.2) is 48.9 Å². The van der Waals surface area contributed by atoms with Crippen molar-refractivity contribution < 1.29 is 4.79 Å². The van der Waals surface area contributed by atoms with E-state index >= 15 is 0 Å². The highest BCUT2D eigenvalue weighted by Gasteiger charge is 2.22. The molecular formula is C19H21N5O. The molecule has 1 amide bonds. The lowest BCUT2D eigenvalue weighted by Crippen LogP contribution is -2.49. The van der Waals surface area contributed by atoms with Gasteiger partial charge in [0.05, 0.1) is 12.1 Å². The molecule has 0 aromatic carbocycles. The average Bonchev–Trinajstić information content (AvgIpc) is 3.06. The molecule has 1 aliphatic rings. The number of anilines is 1. The molecule has 0 aliphatic carbocycles. The first-order valence-corrected chi connectivity index (χ1v) is 8.58. The van der Waals surface area contributed by atoms with Crippen molar-refractivity contribution in [1.29, 1.82) is 0 Å². The molecule has 6 heteroatoms. The highest BCUT2D eigenvalue weighted by Crippen LogP contribution is 2.14. The number of hydrogen-bond donors (Lipinski definition) is 0. The molecule has 6 nitrogen and oxygen atoms in total. The average molecular weight is 335 g/mol. The lowest BCUT2D eigenvalue weighted by Gasteiger charge is -2.35. The largest absolute Gasteiger partial charge is 0.353 e. The van der Waals surface area contributed by atoms with Crippen LogP contribution in [0, 0.1) is 6.92 Å². The molecule has 128 valence electrons. The molecule has 1 aliphatic heterocycles. The quantitative estimate of drug-likeness (QED) is 0.734. The van der Waals surface area contributed by atoms with Gasteiger partial charge in [0.2, 0.25) is 5.91 Å². The van der Waals surface area contributed by atoms with Gasteiger partial charge >= 0.3 is 0 Å². The second kappa shape index (κ2) is 6.55.